The largest absolute Gasteiger partial charge is 0.497 e. The van der Waals surface area contributed by atoms with Gasteiger partial charge >= 0.3 is 6.03 Å². The fourth-order valence-electron chi connectivity index (χ4n) is 8.88. The summed E-state index contributed by atoms with van der Waals surface area (Å²) in [6.45, 7) is 9.74. The number of urea groups is 1. The van der Waals surface area contributed by atoms with Crippen LogP contribution in [-0.4, -0.2) is 119 Å². The molecular formula is C53H67Br2N7O8S. The first kappa shape index (κ1) is 54.1. The number of halogens is 2. The third kappa shape index (κ3) is 16.2. The molecule has 15 nitrogen and oxygen atoms in total. The van der Waals surface area contributed by atoms with Crippen molar-refractivity contribution < 1.29 is 38.4 Å². The van der Waals surface area contributed by atoms with E-state index in [1.54, 1.807) is 11.8 Å². The summed E-state index contributed by atoms with van der Waals surface area (Å²) in [5.74, 6) is 2.90. The average Bonchev–Trinajstić information content (AvgIpc) is 4.15. The van der Waals surface area contributed by atoms with E-state index in [2.05, 4.69) is 86.5 Å². The fourth-order valence-corrected chi connectivity index (χ4v) is 11.1. The van der Waals surface area contributed by atoms with Gasteiger partial charge in [-0.1, -0.05) is 68.6 Å². The molecule has 4 heterocycles. The number of aliphatic hydroxyl groups excluding tert-OH is 1. The number of methoxy groups -OCH3 is 1. The van der Waals surface area contributed by atoms with E-state index >= 15 is 0 Å². The third-order valence-corrected chi connectivity index (χ3v) is 14.9. The number of carbonyl (C=O) groups is 2. The normalized spacial score (nSPS) is 16.6. The molecule has 6 aromatic rings. The highest BCUT2D eigenvalue weighted by atomic mass is 79.9. The number of fused-ring (bicyclic) bond motifs is 4. The number of ether oxygens (including phenoxy) is 5. The SMILES string of the molecule is CCCC(=O)CCCC[C@@H]1SC[C@@H]2NC(=O)N[C@@H]21.CCOCCOCCOCCn1cc(COc2ccc(CN(CC(O)Cn3c4ccc(Br)cc4c4cc(Br)ccc43)c3cccc(OC)c3)cc2)nn1. The number of amides is 2. The average molecular weight is 1120 g/mol. The topological polar surface area (TPSA) is 163 Å². The Hall–Kier alpha value is -4.69. The second kappa shape index (κ2) is 27.9. The zero-order valence-electron chi connectivity index (χ0n) is 40.9. The molecule has 0 radical (unpaired) electrons. The lowest BCUT2D eigenvalue weighted by Gasteiger charge is -2.28. The first-order chi connectivity index (χ1) is 34.6. The summed E-state index contributed by atoms with van der Waals surface area (Å²) in [4.78, 5) is 24.8. The minimum absolute atomic E-state index is 0.0200. The van der Waals surface area contributed by atoms with Crippen LogP contribution in [0.2, 0.25) is 0 Å². The van der Waals surface area contributed by atoms with Crippen LogP contribution in [0, 0.1) is 0 Å². The molecule has 2 saturated heterocycles. The van der Waals surface area contributed by atoms with Gasteiger partial charge in [0.1, 0.15) is 29.6 Å². The Bertz CT molecular complexity index is 2560. The number of unbranched alkanes of at least 4 members (excludes halogenated alkanes) is 1. The molecule has 0 spiro atoms. The van der Waals surface area contributed by atoms with Crippen LogP contribution in [0.1, 0.15) is 63.6 Å². The molecular weight excluding hydrogens is 1050 g/mol. The third-order valence-electron chi connectivity index (χ3n) is 12.4. The quantitative estimate of drug-likeness (QED) is 0.0316. The van der Waals surface area contributed by atoms with Crippen LogP contribution in [0.25, 0.3) is 21.8 Å². The molecule has 2 aromatic heterocycles. The number of aliphatic hydroxyl groups is 1. The number of benzene rings is 4. The van der Waals surface area contributed by atoms with E-state index in [0.29, 0.717) is 95.5 Å². The predicted molar refractivity (Wildman–Crippen MR) is 288 cm³/mol. The van der Waals surface area contributed by atoms with E-state index in [0.717, 1.165) is 103 Å². The standard InChI is InChI=1S/C40H45Br2N5O6.C13H22N2O2S/c1-3-50-17-18-52-20-19-51-16-15-46-25-32(43-44-46)28-53-35-11-7-29(8-12-35)24-45(33-5-4-6-36(23-33)49-2)26-34(48)27-47-39-13-9-30(41)21-37(39)38-22-31(42)10-14-40(38)47;1-2-5-9(16)6-3-4-7-11-12-10(8-18-11)14-13(17)15-12/h4-14,21-23,25,34,48H,3,15-20,24,26-28H2,1-2H3;10-12H,2-8H2,1H3,(H2,14,15,17)/t;10-,11-,12-/m.0/s1. The molecule has 4 atom stereocenters. The minimum atomic E-state index is -0.667. The van der Waals surface area contributed by atoms with Crippen molar-refractivity contribution in [3.63, 3.8) is 0 Å². The lowest BCUT2D eigenvalue weighted by molar-refractivity contribution is -0.119. The molecule has 0 saturated carbocycles. The van der Waals surface area contributed by atoms with Crippen molar-refractivity contribution in [2.24, 2.45) is 0 Å². The van der Waals surface area contributed by atoms with Crippen molar-refractivity contribution in [1.82, 2.24) is 30.2 Å². The van der Waals surface area contributed by atoms with Gasteiger partial charge < -0.3 is 48.9 Å². The molecule has 2 aliphatic rings. The van der Waals surface area contributed by atoms with Crippen LogP contribution in [0.5, 0.6) is 11.5 Å². The number of ketones is 1. The number of nitrogens with one attached hydrogen (secondary N) is 2. The highest BCUT2D eigenvalue weighted by Gasteiger charge is 2.42. The number of hydrogen-bond acceptors (Lipinski definition) is 12. The van der Waals surface area contributed by atoms with Crippen molar-refractivity contribution in [3.05, 3.63) is 111 Å². The summed E-state index contributed by atoms with van der Waals surface area (Å²) in [6.07, 6.45) is 6.80. The van der Waals surface area contributed by atoms with Gasteiger partial charge in [0.15, 0.2) is 0 Å². The molecule has 2 aliphatic heterocycles. The van der Waals surface area contributed by atoms with E-state index < -0.39 is 6.10 Å². The van der Waals surface area contributed by atoms with Gasteiger partial charge in [-0.05, 0) is 92.4 Å². The zero-order chi connectivity index (χ0) is 50.0. The number of aromatic nitrogens is 4. The molecule has 3 N–H and O–H groups in total. The predicted octanol–water partition coefficient (Wildman–Crippen LogP) is 9.72. The Balaban J connectivity index is 0.000000345. The smallest absolute Gasteiger partial charge is 0.315 e. The molecule has 1 unspecified atom stereocenters. The van der Waals surface area contributed by atoms with Gasteiger partial charge in [-0.25, -0.2) is 9.48 Å². The van der Waals surface area contributed by atoms with E-state index in [4.69, 9.17) is 23.7 Å². The molecule has 18 heteroatoms. The van der Waals surface area contributed by atoms with Crippen LogP contribution in [-0.2, 0) is 45.2 Å². The fraction of sp³-hybridized carbons (Fsp3) is 0.472. The van der Waals surface area contributed by atoms with Crippen molar-refractivity contribution >= 4 is 82.9 Å². The zero-order valence-corrected chi connectivity index (χ0v) is 44.9. The Morgan fingerprint density at radius 2 is 1.59 bits per heavy atom. The second-order valence-electron chi connectivity index (χ2n) is 17.7. The summed E-state index contributed by atoms with van der Waals surface area (Å²) >= 11 is 9.21. The molecule has 8 rings (SSSR count). The maximum absolute atomic E-state index is 11.7. The minimum Gasteiger partial charge on any atom is -0.497 e. The van der Waals surface area contributed by atoms with E-state index in [-0.39, 0.29) is 6.03 Å². The Labute approximate surface area is 437 Å². The number of thioether (sulfide) groups is 1. The van der Waals surface area contributed by atoms with E-state index in [1.807, 2.05) is 92.5 Å². The monoisotopic (exact) mass is 1120 g/mol. The number of Topliss-reactive ketones (excluding diaryl/α,β-unsaturated/α-hetero) is 1. The second-order valence-corrected chi connectivity index (χ2v) is 20.8. The number of anilines is 1. The summed E-state index contributed by atoms with van der Waals surface area (Å²) in [7, 11) is 1.66. The lowest BCUT2D eigenvalue weighted by Crippen LogP contribution is -2.36. The van der Waals surface area contributed by atoms with Gasteiger partial charge in [-0.15, -0.1) is 5.10 Å². The number of nitrogens with zero attached hydrogens (tertiary/aromatic N) is 5. The lowest BCUT2D eigenvalue weighted by atomic mass is 10.0. The van der Waals surface area contributed by atoms with E-state index in [1.165, 1.54) is 0 Å². The van der Waals surface area contributed by atoms with E-state index in [9.17, 15) is 14.7 Å². The van der Waals surface area contributed by atoms with Crippen LogP contribution < -0.4 is 25.0 Å². The van der Waals surface area contributed by atoms with Crippen molar-refractivity contribution in [3.8, 4) is 11.5 Å². The van der Waals surface area contributed by atoms with Crippen molar-refractivity contribution in [1.29, 1.82) is 0 Å². The Morgan fingerprint density at radius 1 is 0.873 bits per heavy atom. The molecule has 0 bridgehead atoms. The van der Waals surface area contributed by atoms with Crippen molar-refractivity contribution in [2.75, 3.05) is 63.9 Å². The van der Waals surface area contributed by atoms with Gasteiger partial charge in [0.25, 0.3) is 0 Å². The first-order valence-corrected chi connectivity index (χ1v) is 27.2. The Morgan fingerprint density at radius 3 is 2.30 bits per heavy atom. The van der Waals surface area contributed by atoms with Gasteiger partial charge in [-0.2, -0.15) is 11.8 Å². The molecule has 4 aromatic carbocycles. The van der Waals surface area contributed by atoms with Crippen LogP contribution in [0.4, 0.5) is 10.5 Å². The molecule has 71 heavy (non-hydrogen) atoms. The van der Waals surface area contributed by atoms with Crippen LogP contribution >= 0.6 is 43.6 Å². The molecule has 382 valence electrons. The van der Waals surface area contributed by atoms with Gasteiger partial charge in [0, 0.05) is 86.0 Å². The number of hydrogen-bond donors (Lipinski definition) is 3. The molecule has 0 aliphatic carbocycles. The Kier molecular flexibility index (Phi) is 21.3. The first-order valence-electron chi connectivity index (χ1n) is 24.6. The van der Waals surface area contributed by atoms with Gasteiger partial charge in [0.05, 0.1) is 77.6 Å². The van der Waals surface area contributed by atoms with Gasteiger partial charge in [0.2, 0.25) is 0 Å². The molecule has 2 amide bonds. The highest BCUT2D eigenvalue weighted by molar-refractivity contribution is 9.10. The summed E-state index contributed by atoms with van der Waals surface area (Å²) in [5.41, 5.74) is 4.91. The molecule has 2 fully saturated rings. The maximum atomic E-state index is 11.7. The number of carbonyl (C=O) groups excluding carboxylic acids is 2. The van der Waals surface area contributed by atoms with Crippen molar-refractivity contribution in [2.45, 2.75) is 102 Å². The maximum Gasteiger partial charge on any atom is 0.315 e. The highest BCUT2D eigenvalue weighted by Crippen LogP contribution is 2.35. The summed E-state index contributed by atoms with van der Waals surface area (Å²) in [6, 6.07) is 29.1. The van der Waals surface area contributed by atoms with Crippen LogP contribution in [0.15, 0.2) is 100 Å². The van der Waals surface area contributed by atoms with Crippen LogP contribution in [0.3, 0.4) is 0 Å². The summed E-state index contributed by atoms with van der Waals surface area (Å²) < 4.78 is 33.9. The van der Waals surface area contributed by atoms with Gasteiger partial charge in [-0.3, -0.25) is 4.79 Å². The summed E-state index contributed by atoms with van der Waals surface area (Å²) in [5, 5.41) is 28.8. The number of rotatable bonds is 28.